The van der Waals surface area contributed by atoms with Gasteiger partial charge in [0.05, 0.1) is 5.56 Å². The second-order valence-corrected chi connectivity index (χ2v) is 5.00. The van der Waals surface area contributed by atoms with Gasteiger partial charge in [0.15, 0.2) is 0 Å². The van der Waals surface area contributed by atoms with Gasteiger partial charge in [-0.15, -0.1) is 0 Å². The predicted octanol–water partition coefficient (Wildman–Crippen LogP) is 1.87. The van der Waals surface area contributed by atoms with Gasteiger partial charge in [-0.2, -0.15) is 0 Å². The van der Waals surface area contributed by atoms with Crippen LogP contribution < -0.4 is 10.2 Å². The van der Waals surface area contributed by atoms with Gasteiger partial charge in [-0.1, -0.05) is 0 Å². The van der Waals surface area contributed by atoms with Crippen LogP contribution in [0, 0.1) is 0 Å². The molecular formula is C15H16N4O2. The standard InChI is InChI=1S/C15H16N4O2/c20-14(21)11-2-4-13(5-3-11)19-9-6-12(10-19)18-15-16-7-1-8-17-15/h1-5,7-8,12H,6,9-10H2,(H,20,21)(H,16,17,18)/t12-/m0/s1. The maximum Gasteiger partial charge on any atom is 0.335 e. The van der Waals surface area contributed by atoms with Crippen LogP contribution in [0.5, 0.6) is 0 Å². The SMILES string of the molecule is O=C(O)c1ccc(N2CC[C@H](Nc3ncccn3)C2)cc1. The lowest BCUT2D eigenvalue weighted by molar-refractivity contribution is 0.0697. The van der Waals surface area contributed by atoms with E-state index in [0.29, 0.717) is 17.6 Å². The third kappa shape index (κ3) is 3.10. The van der Waals surface area contributed by atoms with E-state index < -0.39 is 5.97 Å². The molecule has 2 heterocycles. The molecule has 1 aliphatic rings. The molecule has 108 valence electrons. The van der Waals surface area contributed by atoms with E-state index in [1.54, 1.807) is 30.6 Å². The van der Waals surface area contributed by atoms with Crippen LogP contribution in [0.3, 0.4) is 0 Å². The number of hydrogen-bond acceptors (Lipinski definition) is 5. The Morgan fingerprint density at radius 1 is 1.24 bits per heavy atom. The Bertz CT molecular complexity index is 615. The fourth-order valence-electron chi connectivity index (χ4n) is 2.48. The summed E-state index contributed by atoms with van der Waals surface area (Å²) in [6, 6.07) is 9.06. The molecule has 2 aromatic rings. The summed E-state index contributed by atoms with van der Waals surface area (Å²) in [5.41, 5.74) is 1.35. The van der Waals surface area contributed by atoms with Gasteiger partial charge in [0.25, 0.3) is 0 Å². The number of carboxylic acids is 1. The van der Waals surface area contributed by atoms with Crippen molar-refractivity contribution in [1.82, 2.24) is 9.97 Å². The summed E-state index contributed by atoms with van der Waals surface area (Å²) in [6.07, 6.45) is 4.43. The smallest absolute Gasteiger partial charge is 0.335 e. The summed E-state index contributed by atoms with van der Waals surface area (Å²) in [6.45, 7) is 1.78. The number of anilines is 2. The fourth-order valence-corrected chi connectivity index (χ4v) is 2.48. The normalized spacial score (nSPS) is 17.7. The number of nitrogens with one attached hydrogen (secondary N) is 1. The van der Waals surface area contributed by atoms with Crippen LogP contribution in [-0.4, -0.2) is 40.2 Å². The maximum atomic E-state index is 10.9. The minimum atomic E-state index is -0.899. The highest BCUT2D eigenvalue weighted by molar-refractivity contribution is 5.88. The number of aromatic nitrogens is 2. The first-order valence-corrected chi connectivity index (χ1v) is 6.84. The summed E-state index contributed by atoms with van der Waals surface area (Å²) >= 11 is 0. The van der Waals surface area contributed by atoms with Crippen LogP contribution in [-0.2, 0) is 0 Å². The molecule has 0 bridgehead atoms. The molecule has 0 amide bonds. The Hall–Kier alpha value is -2.63. The van der Waals surface area contributed by atoms with Gasteiger partial charge in [-0.05, 0) is 36.8 Å². The Labute approximate surface area is 122 Å². The first kappa shape index (κ1) is 13.4. The lowest BCUT2D eigenvalue weighted by Crippen LogP contribution is -2.26. The Morgan fingerprint density at radius 3 is 2.62 bits per heavy atom. The van der Waals surface area contributed by atoms with E-state index in [0.717, 1.165) is 25.2 Å². The van der Waals surface area contributed by atoms with E-state index in [9.17, 15) is 4.79 Å². The van der Waals surface area contributed by atoms with Crippen LogP contribution in [0.15, 0.2) is 42.7 Å². The van der Waals surface area contributed by atoms with Gasteiger partial charge in [0.1, 0.15) is 0 Å². The van der Waals surface area contributed by atoms with Crippen LogP contribution in [0.25, 0.3) is 0 Å². The molecule has 1 aliphatic heterocycles. The first-order chi connectivity index (χ1) is 10.2. The average Bonchev–Trinajstić information content (AvgIpc) is 2.97. The van der Waals surface area contributed by atoms with Crippen molar-refractivity contribution >= 4 is 17.6 Å². The molecule has 1 fully saturated rings. The number of hydrogen-bond donors (Lipinski definition) is 2. The highest BCUT2D eigenvalue weighted by Crippen LogP contribution is 2.22. The molecule has 1 atom stereocenters. The zero-order valence-electron chi connectivity index (χ0n) is 11.4. The van der Waals surface area contributed by atoms with Crippen molar-refractivity contribution in [2.24, 2.45) is 0 Å². The van der Waals surface area contributed by atoms with Gasteiger partial charge >= 0.3 is 5.97 Å². The first-order valence-electron chi connectivity index (χ1n) is 6.84. The van der Waals surface area contributed by atoms with E-state index >= 15 is 0 Å². The molecule has 21 heavy (non-hydrogen) atoms. The summed E-state index contributed by atoms with van der Waals surface area (Å²) in [5.74, 6) is -0.255. The zero-order valence-corrected chi connectivity index (χ0v) is 11.4. The van der Waals surface area contributed by atoms with E-state index in [1.165, 1.54) is 0 Å². The zero-order chi connectivity index (χ0) is 14.7. The Kier molecular flexibility index (Phi) is 3.68. The number of nitrogens with zero attached hydrogens (tertiary/aromatic N) is 3. The lowest BCUT2D eigenvalue weighted by atomic mass is 10.2. The van der Waals surface area contributed by atoms with Crippen LogP contribution in [0.4, 0.5) is 11.6 Å². The number of carbonyl (C=O) groups is 1. The summed E-state index contributed by atoms with van der Waals surface area (Å²) < 4.78 is 0. The van der Waals surface area contributed by atoms with Crippen molar-refractivity contribution in [2.75, 3.05) is 23.3 Å². The number of benzene rings is 1. The molecule has 0 spiro atoms. The van der Waals surface area contributed by atoms with Gasteiger partial charge in [-0.3, -0.25) is 0 Å². The third-order valence-corrected chi connectivity index (χ3v) is 3.57. The molecule has 6 heteroatoms. The Balaban J connectivity index is 1.62. The van der Waals surface area contributed by atoms with Crippen molar-refractivity contribution in [3.8, 4) is 0 Å². The molecule has 0 saturated carbocycles. The number of aromatic carboxylic acids is 1. The van der Waals surface area contributed by atoms with Gasteiger partial charge < -0.3 is 15.3 Å². The van der Waals surface area contributed by atoms with Gasteiger partial charge in [-0.25, -0.2) is 14.8 Å². The molecule has 0 aliphatic carbocycles. The molecule has 0 unspecified atom stereocenters. The number of carboxylic acid groups (broad SMARTS) is 1. The summed E-state index contributed by atoms with van der Waals surface area (Å²) in [4.78, 5) is 21.4. The maximum absolute atomic E-state index is 10.9. The second-order valence-electron chi connectivity index (χ2n) is 5.00. The van der Waals surface area contributed by atoms with Gasteiger partial charge in [0.2, 0.25) is 5.95 Å². The predicted molar refractivity (Wildman–Crippen MR) is 79.7 cm³/mol. The van der Waals surface area contributed by atoms with Crippen molar-refractivity contribution in [3.05, 3.63) is 48.3 Å². The van der Waals surface area contributed by atoms with Crippen molar-refractivity contribution in [2.45, 2.75) is 12.5 Å². The van der Waals surface area contributed by atoms with Gasteiger partial charge in [0, 0.05) is 37.2 Å². The molecule has 1 aromatic heterocycles. The van der Waals surface area contributed by atoms with E-state index in [1.807, 2.05) is 12.1 Å². The highest BCUT2D eigenvalue weighted by Gasteiger charge is 2.23. The highest BCUT2D eigenvalue weighted by atomic mass is 16.4. The topological polar surface area (TPSA) is 78.4 Å². The minimum Gasteiger partial charge on any atom is -0.478 e. The van der Waals surface area contributed by atoms with Crippen molar-refractivity contribution in [3.63, 3.8) is 0 Å². The quantitative estimate of drug-likeness (QED) is 0.892. The minimum absolute atomic E-state index is 0.298. The lowest BCUT2D eigenvalue weighted by Gasteiger charge is -2.19. The molecule has 2 N–H and O–H groups in total. The molecule has 0 radical (unpaired) electrons. The monoisotopic (exact) mass is 284 g/mol. The largest absolute Gasteiger partial charge is 0.478 e. The van der Waals surface area contributed by atoms with E-state index in [-0.39, 0.29) is 0 Å². The van der Waals surface area contributed by atoms with Crippen molar-refractivity contribution < 1.29 is 9.90 Å². The molecule has 3 rings (SSSR count). The average molecular weight is 284 g/mol. The van der Waals surface area contributed by atoms with E-state index in [2.05, 4.69) is 20.2 Å². The third-order valence-electron chi connectivity index (χ3n) is 3.57. The van der Waals surface area contributed by atoms with Crippen LogP contribution >= 0.6 is 0 Å². The van der Waals surface area contributed by atoms with Crippen LogP contribution in [0.1, 0.15) is 16.8 Å². The summed E-state index contributed by atoms with van der Waals surface area (Å²) in [5, 5.41) is 12.2. The Morgan fingerprint density at radius 2 is 1.95 bits per heavy atom. The van der Waals surface area contributed by atoms with E-state index in [4.69, 9.17) is 5.11 Å². The number of rotatable bonds is 4. The fraction of sp³-hybridized carbons (Fsp3) is 0.267. The molecule has 1 saturated heterocycles. The van der Waals surface area contributed by atoms with Crippen molar-refractivity contribution in [1.29, 1.82) is 0 Å². The second kappa shape index (κ2) is 5.78. The van der Waals surface area contributed by atoms with Crippen LogP contribution in [0.2, 0.25) is 0 Å². The molecular weight excluding hydrogens is 268 g/mol. The molecule has 6 nitrogen and oxygen atoms in total. The summed E-state index contributed by atoms with van der Waals surface area (Å²) in [7, 11) is 0. The molecule has 1 aromatic carbocycles.